The molecule has 0 heterocycles. The first-order valence-electron chi connectivity index (χ1n) is 11.2. The van der Waals surface area contributed by atoms with Gasteiger partial charge in [0.1, 0.15) is 0 Å². The number of hydrogen-bond donors (Lipinski definition) is 0. The van der Waals surface area contributed by atoms with Crippen LogP contribution in [0.3, 0.4) is 0 Å². The van der Waals surface area contributed by atoms with Crippen molar-refractivity contribution in [1.82, 2.24) is 0 Å². The molecular formula is C23H46. The summed E-state index contributed by atoms with van der Waals surface area (Å²) in [7, 11) is 0. The van der Waals surface area contributed by atoms with E-state index in [1.165, 1.54) is 77.0 Å². The summed E-state index contributed by atoms with van der Waals surface area (Å²) in [4.78, 5) is 0. The number of hydrogen-bond acceptors (Lipinski definition) is 0. The quantitative estimate of drug-likeness (QED) is 0.282. The fourth-order valence-corrected chi connectivity index (χ4v) is 5.14. The van der Waals surface area contributed by atoms with Gasteiger partial charge in [-0.05, 0) is 42.4 Å². The first kappa shape index (κ1) is 21.0. The van der Waals surface area contributed by atoms with Crippen molar-refractivity contribution in [1.29, 1.82) is 0 Å². The van der Waals surface area contributed by atoms with Crippen molar-refractivity contribution < 1.29 is 0 Å². The zero-order valence-electron chi connectivity index (χ0n) is 17.1. The van der Waals surface area contributed by atoms with Crippen molar-refractivity contribution in [3.63, 3.8) is 0 Å². The van der Waals surface area contributed by atoms with E-state index in [0.717, 1.165) is 29.6 Å². The SMILES string of the molecule is CCCCCCC(C(CC)CCCC)C1CC(CCCC)C1C. The maximum Gasteiger partial charge on any atom is -0.0352 e. The predicted octanol–water partition coefficient (Wildman–Crippen LogP) is 8.25. The normalized spacial score (nSPS) is 26.7. The summed E-state index contributed by atoms with van der Waals surface area (Å²) < 4.78 is 0. The highest BCUT2D eigenvalue weighted by Gasteiger charge is 2.42. The van der Waals surface area contributed by atoms with Gasteiger partial charge in [-0.3, -0.25) is 0 Å². The van der Waals surface area contributed by atoms with Gasteiger partial charge in [-0.2, -0.15) is 0 Å². The molecule has 0 saturated heterocycles. The Kier molecular flexibility index (Phi) is 11.3. The molecule has 138 valence electrons. The van der Waals surface area contributed by atoms with Gasteiger partial charge in [-0.25, -0.2) is 0 Å². The second-order valence-electron chi connectivity index (χ2n) is 8.48. The molecule has 1 fully saturated rings. The standard InChI is InChI=1S/C23H46/c1-6-10-13-14-17-22(20(9-4)15-11-7-2)23-18-21(19(23)5)16-12-8-3/h19-23H,6-18H2,1-5H3. The summed E-state index contributed by atoms with van der Waals surface area (Å²) in [6.45, 7) is 12.1. The minimum Gasteiger partial charge on any atom is -0.0654 e. The zero-order chi connectivity index (χ0) is 17.1. The van der Waals surface area contributed by atoms with Gasteiger partial charge >= 0.3 is 0 Å². The molecular weight excluding hydrogens is 276 g/mol. The Hall–Kier alpha value is 0. The van der Waals surface area contributed by atoms with Gasteiger partial charge in [-0.15, -0.1) is 0 Å². The Morgan fingerprint density at radius 2 is 1.48 bits per heavy atom. The van der Waals surface area contributed by atoms with E-state index < -0.39 is 0 Å². The molecule has 0 amide bonds. The lowest BCUT2D eigenvalue weighted by Gasteiger charge is -2.50. The van der Waals surface area contributed by atoms with Crippen LogP contribution in [0, 0.1) is 29.6 Å². The minimum atomic E-state index is 1.01. The summed E-state index contributed by atoms with van der Waals surface area (Å²) in [6, 6.07) is 0. The first-order chi connectivity index (χ1) is 11.2. The average molecular weight is 323 g/mol. The van der Waals surface area contributed by atoms with E-state index in [2.05, 4.69) is 34.6 Å². The highest BCUT2D eigenvalue weighted by Crippen LogP contribution is 2.51. The average Bonchev–Trinajstić information content (AvgIpc) is 2.57. The molecule has 1 rings (SSSR count). The highest BCUT2D eigenvalue weighted by molar-refractivity contribution is 4.92. The van der Waals surface area contributed by atoms with Crippen LogP contribution in [0.25, 0.3) is 0 Å². The molecule has 0 nitrogen and oxygen atoms in total. The third kappa shape index (κ3) is 6.79. The Labute approximate surface area is 148 Å². The van der Waals surface area contributed by atoms with Crippen molar-refractivity contribution in [3.8, 4) is 0 Å². The second-order valence-corrected chi connectivity index (χ2v) is 8.48. The Balaban J connectivity index is 2.56. The summed E-state index contributed by atoms with van der Waals surface area (Å²) in [5, 5.41) is 0. The molecule has 1 saturated carbocycles. The molecule has 0 N–H and O–H groups in total. The highest BCUT2D eigenvalue weighted by atomic mass is 14.5. The zero-order valence-corrected chi connectivity index (χ0v) is 17.1. The molecule has 0 heteroatoms. The number of rotatable bonds is 14. The van der Waals surface area contributed by atoms with Crippen LogP contribution in [0.15, 0.2) is 0 Å². The Morgan fingerprint density at radius 1 is 0.783 bits per heavy atom. The van der Waals surface area contributed by atoms with Crippen molar-refractivity contribution in [3.05, 3.63) is 0 Å². The van der Waals surface area contributed by atoms with E-state index in [9.17, 15) is 0 Å². The molecule has 0 aliphatic heterocycles. The molecule has 0 bridgehead atoms. The van der Waals surface area contributed by atoms with Gasteiger partial charge in [-0.1, -0.05) is 105 Å². The van der Waals surface area contributed by atoms with Crippen LogP contribution in [-0.4, -0.2) is 0 Å². The third-order valence-corrected chi connectivity index (χ3v) is 6.92. The van der Waals surface area contributed by atoms with Crippen molar-refractivity contribution in [2.45, 2.75) is 118 Å². The van der Waals surface area contributed by atoms with E-state index in [-0.39, 0.29) is 0 Å². The molecule has 5 unspecified atom stereocenters. The van der Waals surface area contributed by atoms with E-state index in [0.29, 0.717) is 0 Å². The van der Waals surface area contributed by atoms with E-state index >= 15 is 0 Å². The van der Waals surface area contributed by atoms with E-state index in [1.807, 2.05) is 0 Å². The summed E-state index contributed by atoms with van der Waals surface area (Å²) in [6.07, 6.45) is 18.9. The first-order valence-corrected chi connectivity index (χ1v) is 11.2. The van der Waals surface area contributed by atoms with Crippen LogP contribution in [0.2, 0.25) is 0 Å². The minimum absolute atomic E-state index is 1.01. The Morgan fingerprint density at radius 3 is 2.04 bits per heavy atom. The molecule has 0 radical (unpaired) electrons. The summed E-state index contributed by atoms with van der Waals surface area (Å²) in [5.41, 5.74) is 0. The van der Waals surface area contributed by atoms with Crippen LogP contribution in [0.4, 0.5) is 0 Å². The summed E-state index contributed by atoms with van der Waals surface area (Å²) >= 11 is 0. The molecule has 0 spiro atoms. The second kappa shape index (κ2) is 12.4. The fraction of sp³-hybridized carbons (Fsp3) is 1.00. The smallest absolute Gasteiger partial charge is 0.0352 e. The maximum absolute atomic E-state index is 2.58. The third-order valence-electron chi connectivity index (χ3n) is 6.92. The Bertz CT molecular complexity index is 269. The fourth-order valence-electron chi connectivity index (χ4n) is 5.14. The molecule has 0 aromatic rings. The van der Waals surface area contributed by atoms with Gasteiger partial charge in [0.2, 0.25) is 0 Å². The monoisotopic (exact) mass is 322 g/mol. The van der Waals surface area contributed by atoms with Crippen molar-refractivity contribution in [2.24, 2.45) is 29.6 Å². The van der Waals surface area contributed by atoms with Gasteiger partial charge in [0.25, 0.3) is 0 Å². The van der Waals surface area contributed by atoms with Gasteiger partial charge < -0.3 is 0 Å². The van der Waals surface area contributed by atoms with Crippen LogP contribution in [0.5, 0.6) is 0 Å². The van der Waals surface area contributed by atoms with Crippen molar-refractivity contribution in [2.75, 3.05) is 0 Å². The molecule has 0 aromatic heterocycles. The van der Waals surface area contributed by atoms with Crippen LogP contribution in [0.1, 0.15) is 118 Å². The van der Waals surface area contributed by atoms with Gasteiger partial charge in [0, 0.05) is 0 Å². The molecule has 23 heavy (non-hydrogen) atoms. The molecule has 5 atom stereocenters. The topological polar surface area (TPSA) is 0 Å². The van der Waals surface area contributed by atoms with E-state index in [4.69, 9.17) is 0 Å². The van der Waals surface area contributed by atoms with Crippen LogP contribution >= 0.6 is 0 Å². The van der Waals surface area contributed by atoms with E-state index in [1.54, 1.807) is 6.42 Å². The lowest BCUT2D eigenvalue weighted by molar-refractivity contribution is -0.00265. The predicted molar refractivity (Wildman–Crippen MR) is 106 cm³/mol. The maximum atomic E-state index is 2.58. The number of unbranched alkanes of at least 4 members (excludes halogenated alkanes) is 5. The van der Waals surface area contributed by atoms with Crippen LogP contribution < -0.4 is 0 Å². The molecule has 1 aliphatic carbocycles. The lowest BCUT2D eigenvalue weighted by Crippen LogP contribution is -2.42. The molecule has 0 aromatic carbocycles. The molecule has 1 aliphatic rings. The van der Waals surface area contributed by atoms with Crippen molar-refractivity contribution >= 4 is 0 Å². The summed E-state index contributed by atoms with van der Waals surface area (Å²) in [5.74, 6) is 5.17. The lowest BCUT2D eigenvalue weighted by atomic mass is 9.56. The van der Waals surface area contributed by atoms with Gasteiger partial charge in [0.05, 0.1) is 0 Å². The van der Waals surface area contributed by atoms with Crippen LogP contribution in [-0.2, 0) is 0 Å². The largest absolute Gasteiger partial charge is 0.0654 e. The van der Waals surface area contributed by atoms with Gasteiger partial charge in [0.15, 0.2) is 0 Å².